The Hall–Kier alpha value is -0.0497. The molecule has 2 nitrogen and oxygen atoms in total. The molecule has 0 aliphatic carbocycles. The minimum atomic E-state index is -1.08. The third-order valence-electron chi connectivity index (χ3n) is 3.73. The van der Waals surface area contributed by atoms with Gasteiger partial charge in [-0.1, -0.05) is 90.0 Å². The normalized spacial score (nSPS) is 10.7. The summed E-state index contributed by atoms with van der Waals surface area (Å²) in [5.41, 5.74) is 0. The van der Waals surface area contributed by atoms with Crippen molar-refractivity contribution in [2.45, 2.75) is 96.8 Å². The topological polar surface area (TPSA) is 40.1 Å². The molecule has 0 aromatic heterocycles. The van der Waals surface area contributed by atoms with Crippen molar-refractivity contribution in [2.75, 3.05) is 0 Å². The quantitative estimate of drug-likeness (QED) is 0.230. The number of unbranched alkanes of at least 4 members (excludes halogenated alkanes) is 13. The van der Waals surface area contributed by atoms with Crippen LogP contribution in [-0.2, 0) is 27.2 Å². The summed E-state index contributed by atoms with van der Waals surface area (Å²) in [7, 11) is 0. The molecule has 0 aliphatic heterocycles. The van der Waals surface area contributed by atoms with Crippen molar-refractivity contribution in [3.8, 4) is 0 Å². The fraction of sp³-hybridized carbons (Fsp3) is 0.833. The van der Waals surface area contributed by atoms with E-state index >= 15 is 0 Å². The summed E-state index contributed by atoms with van der Waals surface area (Å²) in [6, 6.07) is 0. The van der Waals surface area contributed by atoms with E-state index < -0.39 is 5.97 Å². The maximum Gasteiger partial charge on any atom is 1.00 e. The Morgan fingerprint density at radius 1 is 0.762 bits per heavy atom. The number of carbonyl (C=O) groups is 1. The van der Waals surface area contributed by atoms with Gasteiger partial charge in [0.1, 0.15) is 0 Å². The van der Waals surface area contributed by atoms with Gasteiger partial charge < -0.3 is 9.90 Å². The molecule has 3 heteroatoms. The number of rotatable bonds is 15. The second-order valence-electron chi connectivity index (χ2n) is 5.75. The van der Waals surface area contributed by atoms with Crippen LogP contribution in [0.2, 0.25) is 0 Å². The zero-order valence-corrected chi connectivity index (χ0v) is 15.2. The Kier molecular flexibility index (Phi) is 22.1. The van der Waals surface area contributed by atoms with E-state index in [0.29, 0.717) is 0 Å². The second kappa shape index (κ2) is 20.0. The van der Waals surface area contributed by atoms with Gasteiger partial charge in [0.2, 0.25) is 0 Å². The summed E-state index contributed by atoms with van der Waals surface area (Å²) in [6.07, 6.45) is 21.2. The SMILES string of the molecule is CCCCCCCCCCCCCCC/C=C/C(=O)[O-].[Ag+]. The number of carbonyl (C=O) groups excluding carboxylic acids is 1. The van der Waals surface area contributed by atoms with E-state index in [1.165, 1.54) is 77.0 Å². The van der Waals surface area contributed by atoms with Gasteiger partial charge in [0, 0.05) is 0 Å². The van der Waals surface area contributed by atoms with Crippen LogP contribution in [0.4, 0.5) is 0 Å². The van der Waals surface area contributed by atoms with Crippen molar-refractivity contribution >= 4 is 5.97 Å². The average Bonchev–Trinajstić information content (AvgIpc) is 2.43. The number of aliphatic carboxylic acids is 1. The van der Waals surface area contributed by atoms with Crippen molar-refractivity contribution in [2.24, 2.45) is 0 Å². The van der Waals surface area contributed by atoms with Crippen molar-refractivity contribution in [3.63, 3.8) is 0 Å². The molecule has 0 radical (unpaired) electrons. The minimum Gasteiger partial charge on any atom is -0.545 e. The van der Waals surface area contributed by atoms with Gasteiger partial charge in [-0.2, -0.15) is 0 Å². The molecule has 0 aromatic carbocycles. The first kappa shape index (κ1) is 23.2. The monoisotopic (exact) mass is 388 g/mol. The number of carboxylic acid groups (broad SMARTS) is 1. The second-order valence-corrected chi connectivity index (χ2v) is 5.75. The van der Waals surface area contributed by atoms with E-state index in [-0.39, 0.29) is 22.4 Å². The van der Waals surface area contributed by atoms with Crippen LogP contribution < -0.4 is 5.11 Å². The molecule has 0 fully saturated rings. The Labute approximate surface area is 147 Å². The van der Waals surface area contributed by atoms with Crippen LogP contribution in [0.1, 0.15) is 96.8 Å². The van der Waals surface area contributed by atoms with Crippen LogP contribution in [0.15, 0.2) is 12.2 Å². The largest absolute Gasteiger partial charge is 1.00 e. The van der Waals surface area contributed by atoms with Crippen LogP contribution in [0, 0.1) is 0 Å². The maximum absolute atomic E-state index is 10.1. The predicted molar refractivity (Wildman–Crippen MR) is 84.5 cm³/mol. The first-order valence-corrected chi connectivity index (χ1v) is 8.65. The third-order valence-corrected chi connectivity index (χ3v) is 3.73. The van der Waals surface area contributed by atoms with Crippen LogP contribution in [0.5, 0.6) is 0 Å². The van der Waals surface area contributed by atoms with Gasteiger partial charge in [-0.3, -0.25) is 0 Å². The van der Waals surface area contributed by atoms with E-state index in [0.717, 1.165) is 18.9 Å². The number of carboxylic acids is 1. The third kappa shape index (κ3) is 22.4. The Morgan fingerprint density at radius 3 is 1.52 bits per heavy atom. The molecule has 0 aliphatic rings. The van der Waals surface area contributed by atoms with Gasteiger partial charge in [-0.15, -0.1) is 0 Å². The van der Waals surface area contributed by atoms with Crippen molar-refractivity contribution < 1.29 is 32.3 Å². The molecule has 21 heavy (non-hydrogen) atoms. The summed E-state index contributed by atoms with van der Waals surface area (Å²) < 4.78 is 0. The zero-order valence-electron chi connectivity index (χ0n) is 13.7. The fourth-order valence-corrected chi connectivity index (χ4v) is 2.46. The average molecular weight is 389 g/mol. The molecular weight excluding hydrogens is 356 g/mol. The molecule has 0 rings (SSSR count). The fourth-order valence-electron chi connectivity index (χ4n) is 2.46. The summed E-state index contributed by atoms with van der Waals surface area (Å²) in [6.45, 7) is 2.26. The Balaban J connectivity index is 0. The standard InChI is InChI=1S/C18H34O2.Ag/c1-2-3-4-5-6-7-8-9-10-11-12-13-14-15-16-17-18(19)20;/h16-17H,2-15H2,1H3,(H,19,20);/q;+1/p-1/b17-16+;. The summed E-state index contributed by atoms with van der Waals surface area (Å²) in [4.78, 5) is 10.1. The molecule has 0 atom stereocenters. The molecule has 0 saturated carbocycles. The maximum atomic E-state index is 10.1. The van der Waals surface area contributed by atoms with Gasteiger partial charge >= 0.3 is 22.4 Å². The molecule has 0 unspecified atom stereocenters. The molecule has 0 heterocycles. The number of hydrogen-bond donors (Lipinski definition) is 0. The van der Waals surface area contributed by atoms with Crippen LogP contribution in [0.3, 0.4) is 0 Å². The molecule has 0 amide bonds. The predicted octanol–water partition coefficient (Wildman–Crippen LogP) is 4.77. The van der Waals surface area contributed by atoms with Crippen LogP contribution in [-0.4, -0.2) is 5.97 Å². The van der Waals surface area contributed by atoms with E-state index in [1.54, 1.807) is 6.08 Å². The molecule has 0 spiro atoms. The summed E-state index contributed by atoms with van der Waals surface area (Å²) in [5.74, 6) is -1.08. The molecule has 0 saturated heterocycles. The number of hydrogen-bond acceptors (Lipinski definition) is 2. The summed E-state index contributed by atoms with van der Waals surface area (Å²) in [5, 5.41) is 10.1. The van der Waals surface area contributed by atoms with Crippen LogP contribution >= 0.6 is 0 Å². The van der Waals surface area contributed by atoms with Gasteiger partial charge in [-0.05, 0) is 18.9 Å². The first-order chi connectivity index (χ1) is 9.77. The smallest absolute Gasteiger partial charge is 0.545 e. The first-order valence-electron chi connectivity index (χ1n) is 8.65. The van der Waals surface area contributed by atoms with Gasteiger partial charge in [-0.25, -0.2) is 0 Å². The Morgan fingerprint density at radius 2 is 1.14 bits per heavy atom. The van der Waals surface area contributed by atoms with Gasteiger partial charge in [0.05, 0.1) is 5.97 Å². The molecule has 128 valence electrons. The van der Waals surface area contributed by atoms with Gasteiger partial charge in [0.15, 0.2) is 0 Å². The molecule has 0 aromatic rings. The van der Waals surface area contributed by atoms with E-state index in [1.807, 2.05) is 0 Å². The molecule has 0 N–H and O–H groups in total. The minimum absolute atomic E-state index is 0. The molecule has 0 bridgehead atoms. The van der Waals surface area contributed by atoms with E-state index in [4.69, 9.17) is 0 Å². The number of allylic oxidation sites excluding steroid dienone is 1. The van der Waals surface area contributed by atoms with E-state index in [2.05, 4.69) is 6.92 Å². The Bertz CT molecular complexity index is 239. The molecular formula is C18H33AgO2. The van der Waals surface area contributed by atoms with Crippen molar-refractivity contribution in [1.29, 1.82) is 0 Å². The van der Waals surface area contributed by atoms with Crippen LogP contribution in [0.25, 0.3) is 0 Å². The zero-order chi connectivity index (χ0) is 14.9. The van der Waals surface area contributed by atoms with Crippen molar-refractivity contribution in [3.05, 3.63) is 12.2 Å². The van der Waals surface area contributed by atoms with E-state index in [9.17, 15) is 9.90 Å². The summed E-state index contributed by atoms with van der Waals surface area (Å²) >= 11 is 0. The van der Waals surface area contributed by atoms with Gasteiger partial charge in [0.25, 0.3) is 0 Å². The van der Waals surface area contributed by atoms with Crippen molar-refractivity contribution in [1.82, 2.24) is 0 Å².